The Morgan fingerprint density at radius 2 is 2.00 bits per heavy atom. The molecule has 28 heavy (non-hydrogen) atoms. The Labute approximate surface area is 173 Å². The number of fused-ring (bicyclic) bond motifs is 1. The number of hydrogen-bond donors (Lipinski definition) is 0. The number of Topliss-reactive ketones (excluding diaryl/α,β-unsaturated/α-hetero) is 1. The number of esters is 1. The number of thioether (sulfide) groups is 1. The zero-order valence-corrected chi connectivity index (χ0v) is 17.0. The van der Waals surface area contributed by atoms with Gasteiger partial charge in [-0.2, -0.15) is 0 Å². The highest BCUT2D eigenvalue weighted by atomic mass is 35.5. The van der Waals surface area contributed by atoms with Gasteiger partial charge in [-0.25, -0.2) is 0 Å². The first-order valence-corrected chi connectivity index (χ1v) is 10.4. The molecular weight excluding hydrogens is 400 g/mol. The van der Waals surface area contributed by atoms with Crippen molar-refractivity contribution in [3.63, 3.8) is 0 Å². The van der Waals surface area contributed by atoms with Crippen LogP contribution in [0.25, 0.3) is 0 Å². The first-order chi connectivity index (χ1) is 13.6. The molecule has 5 nitrogen and oxygen atoms in total. The minimum absolute atomic E-state index is 0.189. The Hall–Kier alpha value is -2.18. The quantitative estimate of drug-likeness (QED) is 0.289. The third kappa shape index (κ3) is 5.20. The van der Waals surface area contributed by atoms with E-state index >= 15 is 0 Å². The highest BCUT2D eigenvalue weighted by molar-refractivity contribution is 8.01. The second-order valence-corrected chi connectivity index (χ2v) is 7.78. The number of benzene rings is 2. The number of carbonyl (C=O) groups is 2. The zero-order chi connectivity index (χ0) is 19.9. The molecule has 148 valence electrons. The summed E-state index contributed by atoms with van der Waals surface area (Å²) in [4.78, 5) is 25.6. The average molecular weight is 421 g/mol. The van der Waals surface area contributed by atoms with Gasteiger partial charge in [0.1, 0.15) is 18.1 Å². The van der Waals surface area contributed by atoms with Gasteiger partial charge in [-0.05, 0) is 37.1 Å². The van der Waals surface area contributed by atoms with Gasteiger partial charge >= 0.3 is 5.97 Å². The molecule has 0 saturated carbocycles. The number of carbonyl (C=O) groups excluding carboxylic acids is 2. The summed E-state index contributed by atoms with van der Waals surface area (Å²) in [6.45, 7) is 2.25. The maximum absolute atomic E-state index is 12.6. The van der Waals surface area contributed by atoms with Crippen molar-refractivity contribution in [2.45, 2.75) is 36.2 Å². The normalized spacial score (nSPS) is 18.6. The maximum atomic E-state index is 12.6. The van der Waals surface area contributed by atoms with E-state index in [1.54, 1.807) is 25.1 Å². The fourth-order valence-electron chi connectivity index (χ4n) is 2.62. The number of ether oxygens (including phenoxy) is 3. The van der Waals surface area contributed by atoms with Crippen LogP contribution in [0.15, 0.2) is 53.4 Å². The van der Waals surface area contributed by atoms with Crippen molar-refractivity contribution >= 4 is 35.1 Å². The summed E-state index contributed by atoms with van der Waals surface area (Å²) >= 11 is 6.74. The van der Waals surface area contributed by atoms with Crippen molar-refractivity contribution in [1.29, 1.82) is 0 Å². The van der Waals surface area contributed by atoms with Crippen molar-refractivity contribution in [2.24, 2.45) is 0 Å². The standard InChI is InChI=1S/C21H21ClO5S/c1-14-19(23)20(21(24)25-11-5-10-22)28-18-12-16(8-9-17(18)27-14)26-13-15-6-3-2-4-7-15/h2-4,6-9,12,14,20H,5,10-11,13H2,1H3. The van der Waals surface area contributed by atoms with Gasteiger partial charge in [0.05, 0.1) is 11.5 Å². The predicted molar refractivity (Wildman–Crippen MR) is 108 cm³/mol. The Morgan fingerprint density at radius 1 is 1.21 bits per heavy atom. The van der Waals surface area contributed by atoms with E-state index in [4.69, 9.17) is 25.8 Å². The summed E-state index contributed by atoms with van der Waals surface area (Å²) in [5.74, 6) is 0.690. The summed E-state index contributed by atoms with van der Waals surface area (Å²) in [5, 5.41) is -0.976. The fourth-order valence-corrected chi connectivity index (χ4v) is 3.87. The molecule has 2 unspecified atom stereocenters. The maximum Gasteiger partial charge on any atom is 0.327 e. The van der Waals surface area contributed by atoms with E-state index in [0.29, 0.717) is 35.3 Å². The van der Waals surface area contributed by atoms with Crippen LogP contribution in [0.1, 0.15) is 18.9 Å². The van der Waals surface area contributed by atoms with Crippen LogP contribution in [0.5, 0.6) is 11.5 Å². The molecule has 0 saturated heterocycles. The number of hydrogen-bond acceptors (Lipinski definition) is 6. The monoisotopic (exact) mass is 420 g/mol. The zero-order valence-electron chi connectivity index (χ0n) is 15.4. The van der Waals surface area contributed by atoms with Crippen LogP contribution in [-0.2, 0) is 20.9 Å². The number of ketones is 1. The van der Waals surface area contributed by atoms with Crippen LogP contribution < -0.4 is 9.47 Å². The van der Waals surface area contributed by atoms with Crippen molar-refractivity contribution in [3.05, 3.63) is 54.1 Å². The van der Waals surface area contributed by atoms with Crippen molar-refractivity contribution < 1.29 is 23.8 Å². The third-order valence-corrected chi connectivity index (χ3v) is 5.61. The minimum Gasteiger partial charge on any atom is -0.489 e. The second-order valence-electron chi connectivity index (χ2n) is 6.25. The largest absolute Gasteiger partial charge is 0.489 e. The van der Waals surface area contributed by atoms with E-state index in [0.717, 1.165) is 17.3 Å². The molecule has 3 rings (SSSR count). The lowest BCUT2D eigenvalue weighted by Gasteiger charge is -2.14. The average Bonchev–Trinajstić information content (AvgIpc) is 2.83. The second kappa shape index (κ2) is 9.85. The van der Waals surface area contributed by atoms with Gasteiger partial charge < -0.3 is 14.2 Å². The number of halogens is 1. The molecule has 0 aliphatic carbocycles. The topological polar surface area (TPSA) is 61.8 Å². The first-order valence-electron chi connectivity index (χ1n) is 8.99. The summed E-state index contributed by atoms with van der Waals surface area (Å²) in [6.07, 6.45) is -0.200. The van der Waals surface area contributed by atoms with Crippen LogP contribution >= 0.6 is 23.4 Å². The van der Waals surface area contributed by atoms with Gasteiger partial charge in [-0.3, -0.25) is 9.59 Å². The lowest BCUT2D eigenvalue weighted by atomic mass is 10.2. The molecule has 0 N–H and O–H groups in total. The molecule has 0 bridgehead atoms. The van der Waals surface area contributed by atoms with E-state index in [1.165, 1.54) is 0 Å². The number of rotatable bonds is 7. The van der Waals surface area contributed by atoms with Crippen LogP contribution in [-0.4, -0.2) is 35.6 Å². The molecule has 2 aromatic carbocycles. The molecule has 1 heterocycles. The molecule has 1 aliphatic heterocycles. The van der Waals surface area contributed by atoms with E-state index in [2.05, 4.69) is 0 Å². The smallest absolute Gasteiger partial charge is 0.327 e. The van der Waals surface area contributed by atoms with Crippen LogP contribution in [0, 0.1) is 0 Å². The van der Waals surface area contributed by atoms with E-state index < -0.39 is 17.3 Å². The summed E-state index contributed by atoms with van der Waals surface area (Å²) in [7, 11) is 0. The molecule has 0 fully saturated rings. The Bertz CT molecular complexity index is 827. The first kappa shape index (κ1) is 20.6. The van der Waals surface area contributed by atoms with Crippen LogP contribution in [0.2, 0.25) is 0 Å². The molecule has 0 radical (unpaired) electrons. The number of alkyl halides is 1. The molecule has 7 heteroatoms. The van der Waals surface area contributed by atoms with Gasteiger partial charge in [0.15, 0.2) is 17.1 Å². The Balaban J connectivity index is 1.74. The molecule has 1 aliphatic rings. The minimum atomic E-state index is -0.976. The molecular formula is C21H21ClO5S. The molecule has 0 amide bonds. The fraction of sp³-hybridized carbons (Fsp3) is 0.333. The van der Waals surface area contributed by atoms with Gasteiger partial charge in [-0.1, -0.05) is 42.1 Å². The Kier molecular flexibility index (Phi) is 7.23. The lowest BCUT2D eigenvalue weighted by Crippen LogP contribution is -2.36. The molecule has 0 spiro atoms. The van der Waals surface area contributed by atoms with Gasteiger partial charge in [-0.15, -0.1) is 11.6 Å². The predicted octanol–water partition coefficient (Wildman–Crippen LogP) is 4.25. The van der Waals surface area contributed by atoms with E-state index in [9.17, 15) is 9.59 Å². The van der Waals surface area contributed by atoms with Crippen LogP contribution in [0.4, 0.5) is 0 Å². The van der Waals surface area contributed by atoms with Gasteiger partial charge in [0.2, 0.25) is 0 Å². The Morgan fingerprint density at radius 3 is 2.75 bits per heavy atom. The third-order valence-electron chi connectivity index (χ3n) is 4.11. The molecule has 2 atom stereocenters. The van der Waals surface area contributed by atoms with Crippen molar-refractivity contribution in [3.8, 4) is 11.5 Å². The summed E-state index contributed by atoms with van der Waals surface area (Å²) in [6, 6.07) is 15.1. The van der Waals surface area contributed by atoms with Crippen molar-refractivity contribution in [1.82, 2.24) is 0 Å². The molecule has 0 aromatic heterocycles. The SMILES string of the molecule is CC1Oc2ccc(OCc3ccccc3)cc2SC(C(=O)OCCCCl)C1=O. The van der Waals surface area contributed by atoms with Gasteiger partial charge in [0, 0.05) is 5.88 Å². The van der Waals surface area contributed by atoms with Crippen molar-refractivity contribution in [2.75, 3.05) is 12.5 Å². The lowest BCUT2D eigenvalue weighted by molar-refractivity contribution is -0.146. The van der Waals surface area contributed by atoms with E-state index in [-0.39, 0.29) is 12.4 Å². The highest BCUT2D eigenvalue weighted by Crippen LogP contribution is 2.39. The summed E-state index contributed by atoms with van der Waals surface area (Å²) < 4.78 is 16.8. The van der Waals surface area contributed by atoms with E-state index in [1.807, 2.05) is 30.3 Å². The summed E-state index contributed by atoms with van der Waals surface area (Å²) in [5.41, 5.74) is 1.05. The highest BCUT2D eigenvalue weighted by Gasteiger charge is 2.37. The van der Waals surface area contributed by atoms with Gasteiger partial charge in [0.25, 0.3) is 0 Å². The molecule has 2 aromatic rings. The van der Waals surface area contributed by atoms with Crippen LogP contribution in [0.3, 0.4) is 0 Å².